The summed E-state index contributed by atoms with van der Waals surface area (Å²) in [6.07, 6.45) is 0. The van der Waals surface area contributed by atoms with Gasteiger partial charge < -0.3 is 0 Å². The lowest BCUT2D eigenvalue weighted by Gasteiger charge is -2.07. The van der Waals surface area contributed by atoms with Gasteiger partial charge in [0.15, 0.2) is 9.84 Å². The fourth-order valence-corrected chi connectivity index (χ4v) is 3.34. The Balaban J connectivity index is 3.11. The third-order valence-corrected chi connectivity index (χ3v) is 5.11. The molecule has 2 nitrogen and oxygen atoms in total. The van der Waals surface area contributed by atoms with Gasteiger partial charge in [0, 0.05) is 4.47 Å². The highest BCUT2D eigenvalue weighted by molar-refractivity contribution is 9.10. The lowest BCUT2D eigenvalue weighted by Crippen LogP contribution is -2.11. The van der Waals surface area contributed by atoms with Crippen LogP contribution in [0.15, 0.2) is 27.6 Å². The van der Waals surface area contributed by atoms with Crippen LogP contribution in [0.1, 0.15) is 13.8 Å². The molecule has 15 heavy (non-hydrogen) atoms. The minimum absolute atomic E-state index is 0.109. The summed E-state index contributed by atoms with van der Waals surface area (Å²) in [7, 11) is -3.20. The molecule has 0 saturated carbocycles. The Kier molecular flexibility index (Phi) is 4.20. The first-order valence-electron chi connectivity index (χ1n) is 4.51. The molecule has 0 aliphatic heterocycles. The van der Waals surface area contributed by atoms with Crippen LogP contribution in [-0.2, 0) is 9.84 Å². The number of benzene rings is 1. The SMILES string of the molecule is CC(C)CS(=O)(=O)c1ccc(Br)c(Cl)c1. The van der Waals surface area contributed by atoms with Gasteiger partial charge in [-0.1, -0.05) is 25.4 Å². The van der Waals surface area contributed by atoms with Crippen molar-refractivity contribution in [3.63, 3.8) is 0 Å². The molecule has 0 aliphatic carbocycles. The van der Waals surface area contributed by atoms with Crippen molar-refractivity contribution in [2.45, 2.75) is 18.7 Å². The van der Waals surface area contributed by atoms with Gasteiger partial charge in [0.05, 0.1) is 15.7 Å². The van der Waals surface area contributed by atoms with E-state index in [9.17, 15) is 8.42 Å². The molecule has 0 bridgehead atoms. The van der Waals surface area contributed by atoms with Crippen molar-refractivity contribution in [3.05, 3.63) is 27.7 Å². The van der Waals surface area contributed by atoms with Gasteiger partial charge >= 0.3 is 0 Å². The normalized spacial score (nSPS) is 12.1. The molecule has 0 radical (unpaired) electrons. The second kappa shape index (κ2) is 4.85. The summed E-state index contributed by atoms with van der Waals surface area (Å²) in [4.78, 5) is 0.282. The maximum Gasteiger partial charge on any atom is 0.178 e. The van der Waals surface area contributed by atoms with Gasteiger partial charge in [-0.05, 0) is 40.0 Å². The third kappa shape index (κ3) is 3.47. The third-order valence-electron chi connectivity index (χ3n) is 1.80. The number of halogens is 2. The van der Waals surface area contributed by atoms with Crippen LogP contribution in [-0.4, -0.2) is 14.2 Å². The summed E-state index contributed by atoms with van der Waals surface area (Å²) in [6, 6.07) is 4.69. The van der Waals surface area contributed by atoms with Crippen molar-refractivity contribution in [2.24, 2.45) is 5.92 Å². The highest BCUT2D eigenvalue weighted by atomic mass is 79.9. The van der Waals surface area contributed by atoms with Crippen molar-refractivity contribution >= 4 is 37.4 Å². The quantitative estimate of drug-likeness (QED) is 0.855. The highest BCUT2D eigenvalue weighted by Crippen LogP contribution is 2.26. The van der Waals surface area contributed by atoms with E-state index in [0.29, 0.717) is 9.50 Å². The minimum atomic E-state index is -3.20. The maximum atomic E-state index is 11.8. The van der Waals surface area contributed by atoms with E-state index in [1.165, 1.54) is 6.07 Å². The summed E-state index contributed by atoms with van der Waals surface area (Å²) in [5.41, 5.74) is 0. The van der Waals surface area contributed by atoms with Crippen LogP contribution in [0.2, 0.25) is 5.02 Å². The molecular formula is C10H12BrClO2S. The van der Waals surface area contributed by atoms with E-state index >= 15 is 0 Å². The van der Waals surface area contributed by atoms with Crippen LogP contribution in [0.3, 0.4) is 0 Å². The van der Waals surface area contributed by atoms with Crippen LogP contribution < -0.4 is 0 Å². The van der Waals surface area contributed by atoms with Crippen LogP contribution in [0.4, 0.5) is 0 Å². The van der Waals surface area contributed by atoms with Crippen molar-refractivity contribution < 1.29 is 8.42 Å². The molecule has 0 N–H and O–H groups in total. The first-order chi connectivity index (χ1) is 6.83. The standard InChI is InChI=1S/C10H12BrClO2S/c1-7(2)6-15(13,14)8-3-4-9(11)10(12)5-8/h3-5,7H,6H2,1-2H3. The molecule has 0 aromatic heterocycles. The zero-order chi connectivity index (χ0) is 11.6. The smallest absolute Gasteiger partial charge is 0.178 e. The van der Waals surface area contributed by atoms with Gasteiger partial charge in [0.1, 0.15) is 0 Å². The van der Waals surface area contributed by atoms with Gasteiger partial charge in [0.2, 0.25) is 0 Å². The fourth-order valence-electron chi connectivity index (χ4n) is 1.21. The number of sulfone groups is 1. The van der Waals surface area contributed by atoms with Crippen molar-refractivity contribution in [1.29, 1.82) is 0 Å². The molecule has 1 rings (SSSR count). The average molecular weight is 312 g/mol. The van der Waals surface area contributed by atoms with Gasteiger partial charge in [0.25, 0.3) is 0 Å². The van der Waals surface area contributed by atoms with E-state index in [4.69, 9.17) is 11.6 Å². The summed E-state index contributed by atoms with van der Waals surface area (Å²) in [5, 5.41) is 0.417. The molecule has 1 aromatic carbocycles. The lowest BCUT2D eigenvalue weighted by molar-refractivity contribution is 0.582. The lowest BCUT2D eigenvalue weighted by atomic mass is 10.3. The minimum Gasteiger partial charge on any atom is -0.224 e. The Hall–Kier alpha value is -0.0600. The van der Waals surface area contributed by atoms with Crippen LogP contribution in [0, 0.1) is 5.92 Å². The van der Waals surface area contributed by atoms with Gasteiger partial charge in [-0.15, -0.1) is 0 Å². The molecule has 0 amide bonds. The Bertz CT molecular complexity index is 454. The molecule has 1 aromatic rings. The molecule has 0 spiro atoms. The molecular weight excluding hydrogens is 300 g/mol. The summed E-state index contributed by atoms with van der Waals surface area (Å²) >= 11 is 9.07. The molecule has 84 valence electrons. The van der Waals surface area contributed by atoms with Crippen LogP contribution >= 0.6 is 27.5 Å². The fraction of sp³-hybridized carbons (Fsp3) is 0.400. The van der Waals surface area contributed by atoms with Crippen LogP contribution in [0.25, 0.3) is 0 Å². The van der Waals surface area contributed by atoms with Crippen LogP contribution in [0.5, 0.6) is 0 Å². The first-order valence-corrected chi connectivity index (χ1v) is 7.33. The summed E-state index contributed by atoms with van der Waals surface area (Å²) in [5.74, 6) is 0.253. The second-order valence-corrected chi connectivity index (χ2v) is 7.05. The second-order valence-electron chi connectivity index (χ2n) is 3.75. The molecule has 5 heteroatoms. The topological polar surface area (TPSA) is 34.1 Å². The molecule has 0 aliphatic rings. The zero-order valence-corrected chi connectivity index (χ0v) is 11.7. The molecule has 0 fully saturated rings. The Labute approximate surface area is 104 Å². The van der Waals surface area contributed by atoms with Gasteiger partial charge in [-0.2, -0.15) is 0 Å². The van der Waals surface area contributed by atoms with E-state index in [0.717, 1.165) is 0 Å². The Morgan fingerprint density at radius 3 is 2.47 bits per heavy atom. The van der Waals surface area contributed by atoms with E-state index in [1.807, 2.05) is 13.8 Å². The van der Waals surface area contributed by atoms with E-state index in [-0.39, 0.29) is 16.6 Å². The number of rotatable bonds is 3. The monoisotopic (exact) mass is 310 g/mol. The zero-order valence-electron chi connectivity index (χ0n) is 8.50. The van der Waals surface area contributed by atoms with E-state index < -0.39 is 9.84 Å². The predicted molar refractivity (Wildman–Crippen MR) is 66.0 cm³/mol. The highest BCUT2D eigenvalue weighted by Gasteiger charge is 2.17. The molecule has 0 saturated heterocycles. The summed E-state index contributed by atoms with van der Waals surface area (Å²) in [6.45, 7) is 3.75. The maximum absolute atomic E-state index is 11.8. The van der Waals surface area contributed by atoms with Crippen molar-refractivity contribution in [2.75, 3.05) is 5.75 Å². The molecule has 0 heterocycles. The Morgan fingerprint density at radius 1 is 1.40 bits per heavy atom. The molecule has 0 unspecified atom stereocenters. The molecule has 0 atom stereocenters. The van der Waals surface area contributed by atoms with E-state index in [1.54, 1.807) is 12.1 Å². The average Bonchev–Trinajstić information content (AvgIpc) is 2.07. The number of hydrogen-bond donors (Lipinski definition) is 0. The van der Waals surface area contributed by atoms with E-state index in [2.05, 4.69) is 15.9 Å². The predicted octanol–water partition coefficient (Wildman–Crippen LogP) is 3.53. The van der Waals surface area contributed by atoms with Crippen molar-refractivity contribution in [3.8, 4) is 0 Å². The first kappa shape index (κ1) is 13.0. The number of hydrogen-bond acceptors (Lipinski definition) is 2. The summed E-state index contributed by atoms with van der Waals surface area (Å²) < 4.78 is 24.4. The largest absolute Gasteiger partial charge is 0.224 e. The van der Waals surface area contributed by atoms with Gasteiger partial charge in [-0.3, -0.25) is 0 Å². The Morgan fingerprint density at radius 2 is 2.00 bits per heavy atom. The van der Waals surface area contributed by atoms with Crippen molar-refractivity contribution in [1.82, 2.24) is 0 Å². The van der Waals surface area contributed by atoms with Gasteiger partial charge in [-0.25, -0.2) is 8.42 Å².